The predicted octanol–water partition coefficient (Wildman–Crippen LogP) is 2.32. The van der Waals surface area contributed by atoms with Gasteiger partial charge in [0.05, 0.1) is 16.7 Å². The Kier molecular flexibility index (Phi) is 2.40. The minimum absolute atomic E-state index is 0.426. The Balaban J connectivity index is 2.89. The zero-order valence-corrected chi connectivity index (χ0v) is 9.84. The van der Waals surface area contributed by atoms with Gasteiger partial charge < -0.3 is 5.73 Å². The molecule has 0 aliphatic carbocycles. The van der Waals surface area contributed by atoms with Crippen molar-refractivity contribution in [2.24, 2.45) is 5.73 Å². The van der Waals surface area contributed by atoms with Crippen LogP contribution in [0.2, 0.25) is 0 Å². The lowest BCUT2D eigenvalue weighted by Gasteiger charge is -2.00. The zero-order valence-electron chi connectivity index (χ0n) is 6.67. The summed E-state index contributed by atoms with van der Waals surface area (Å²) in [6.45, 7) is 0.426. The maximum absolute atomic E-state index is 5.57. The standard InChI is InChI=1S/C8H7Br2N3/c9-6-3-1-2-5-8(10)12-7(4-11)13(5)6/h1-3H,4,11H2. The number of nitrogens with zero attached hydrogens (tertiary/aromatic N) is 2. The first-order valence-corrected chi connectivity index (χ1v) is 5.34. The molecule has 0 aliphatic rings. The van der Waals surface area contributed by atoms with Crippen LogP contribution in [0.15, 0.2) is 27.4 Å². The first-order valence-electron chi connectivity index (χ1n) is 3.75. The van der Waals surface area contributed by atoms with E-state index in [-0.39, 0.29) is 0 Å². The van der Waals surface area contributed by atoms with E-state index in [4.69, 9.17) is 5.73 Å². The molecule has 0 saturated carbocycles. The van der Waals surface area contributed by atoms with Gasteiger partial charge in [-0.1, -0.05) is 6.07 Å². The predicted molar refractivity (Wildman–Crippen MR) is 58.5 cm³/mol. The van der Waals surface area contributed by atoms with Crippen LogP contribution in [0.5, 0.6) is 0 Å². The Hall–Kier alpha value is -0.390. The molecule has 0 fully saturated rings. The number of hydrogen-bond acceptors (Lipinski definition) is 2. The summed E-state index contributed by atoms with van der Waals surface area (Å²) in [7, 11) is 0. The van der Waals surface area contributed by atoms with Gasteiger partial charge in [-0.3, -0.25) is 4.40 Å². The summed E-state index contributed by atoms with van der Waals surface area (Å²) in [6.07, 6.45) is 0. The van der Waals surface area contributed by atoms with Gasteiger partial charge in [-0.15, -0.1) is 0 Å². The number of imidazole rings is 1. The summed E-state index contributed by atoms with van der Waals surface area (Å²) < 4.78 is 3.77. The van der Waals surface area contributed by atoms with Crippen molar-refractivity contribution in [3.8, 4) is 0 Å². The van der Waals surface area contributed by atoms with E-state index >= 15 is 0 Å². The molecule has 0 amide bonds. The van der Waals surface area contributed by atoms with E-state index in [1.54, 1.807) is 0 Å². The van der Waals surface area contributed by atoms with E-state index in [9.17, 15) is 0 Å². The number of rotatable bonds is 1. The van der Waals surface area contributed by atoms with Gasteiger partial charge in [0.15, 0.2) is 0 Å². The molecule has 13 heavy (non-hydrogen) atoms. The molecule has 2 aromatic heterocycles. The van der Waals surface area contributed by atoms with Gasteiger partial charge in [0.25, 0.3) is 0 Å². The highest BCUT2D eigenvalue weighted by atomic mass is 79.9. The summed E-state index contributed by atoms with van der Waals surface area (Å²) in [4.78, 5) is 4.29. The lowest BCUT2D eigenvalue weighted by molar-refractivity contribution is 0.891. The monoisotopic (exact) mass is 303 g/mol. The number of hydrogen-bond donors (Lipinski definition) is 1. The Bertz CT molecular complexity index is 450. The van der Waals surface area contributed by atoms with Gasteiger partial charge in [0.2, 0.25) is 0 Å². The molecule has 0 radical (unpaired) electrons. The molecule has 2 aromatic rings. The highest BCUT2D eigenvalue weighted by molar-refractivity contribution is 9.10. The average Bonchev–Trinajstić information content (AvgIpc) is 2.45. The molecular formula is C8H7Br2N3. The lowest BCUT2D eigenvalue weighted by atomic mass is 10.4. The summed E-state index contributed by atoms with van der Waals surface area (Å²) in [5, 5.41) is 0. The van der Waals surface area contributed by atoms with Crippen molar-refractivity contribution in [3.63, 3.8) is 0 Å². The zero-order chi connectivity index (χ0) is 9.42. The number of nitrogens with two attached hydrogens (primary N) is 1. The van der Waals surface area contributed by atoms with E-state index in [1.165, 1.54) is 0 Å². The molecule has 0 aromatic carbocycles. The number of fused-ring (bicyclic) bond motifs is 1. The van der Waals surface area contributed by atoms with Crippen LogP contribution in [-0.4, -0.2) is 9.38 Å². The molecule has 2 rings (SSSR count). The van der Waals surface area contributed by atoms with Crippen LogP contribution in [-0.2, 0) is 6.54 Å². The third-order valence-corrected chi connectivity index (χ3v) is 3.02. The molecule has 0 unspecified atom stereocenters. The van der Waals surface area contributed by atoms with Crippen molar-refractivity contribution in [1.29, 1.82) is 0 Å². The third kappa shape index (κ3) is 1.41. The molecule has 0 atom stereocenters. The van der Waals surface area contributed by atoms with Crippen LogP contribution >= 0.6 is 31.9 Å². The van der Waals surface area contributed by atoms with E-state index in [0.717, 1.165) is 20.5 Å². The molecular weight excluding hydrogens is 298 g/mol. The molecule has 0 spiro atoms. The molecule has 0 saturated heterocycles. The van der Waals surface area contributed by atoms with Crippen LogP contribution in [0.1, 0.15) is 5.82 Å². The van der Waals surface area contributed by atoms with Crippen LogP contribution in [0.3, 0.4) is 0 Å². The van der Waals surface area contributed by atoms with Gasteiger partial charge >= 0.3 is 0 Å². The second kappa shape index (κ2) is 3.40. The Labute approximate surface area is 92.2 Å². The van der Waals surface area contributed by atoms with Gasteiger partial charge in [0.1, 0.15) is 10.4 Å². The smallest absolute Gasteiger partial charge is 0.132 e. The molecule has 3 nitrogen and oxygen atoms in total. The molecule has 0 aliphatic heterocycles. The van der Waals surface area contributed by atoms with Gasteiger partial charge in [-0.05, 0) is 44.0 Å². The van der Waals surface area contributed by atoms with Crippen molar-refractivity contribution in [2.75, 3.05) is 0 Å². The van der Waals surface area contributed by atoms with Gasteiger partial charge in [0, 0.05) is 0 Å². The minimum atomic E-state index is 0.426. The third-order valence-electron chi connectivity index (χ3n) is 1.82. The maximum Gasteiger partial charge on any atom is 0.132 e. The van der Waals surface area contributed by atoms with Gasteiger partial charge in [-0.25, -0.2) is 4.98 Å². The topological polar surface area (TPSA) is 43.3 Å². The summed E-state index contributed by atoms with van der Waals surface area (Å²) >= 11 is 6.83. The average molecular weight is 305 g/mol. The van der Waals surface area contributed by atoms with Crippen molar-refractivity contribution >= 4 is 37.4 Å². The normalized spacial score (nSPS) is 11.0. The molecule has 2 heterocycles. The first-order chi connectivity index (χ1) is 6.24. The van der Waals surface area contributed by atoms with Crippen molar-refractivity contribution in [2.45, 2.75) is 6.54 Å². The molecule has 68 valence electrons. The minimum Gasteiger partial charge on any atom is -0.324 e. The van der Waals surface area contributed by atoms with Crippen LogP contribution < -0.4 is 5.73 Å². The van der Waals surface area contributed by atoms with Crippen molar-refractivity contribution < 1.29 is 0 Å². The van der Waals surface area contributed by atoms with Crippen molar-refractivity contribution in [1.82, 2.24) is 9.38 Å². The van der Waals surface area contributed by atoms with Crippen LogP contribution in [0.25, 0.3) is 5.52 Å². The van der Waals surface area contributed by atoms with Crippen LogP contribution in [0, 0.1) is 0 Å². The lowest BCUT2D eigenvalue weighted by Crippen LogP contribution is -2.03. The molecule has 5 heteroatoms. The fourth-order valence-electron chi connectivity index (χ4n) is 1.26. The van der Waals surface area contributed by atoms with E-state index in [0.29, 0.717) is 6.54 Å². The Morgan fingerprint density at radius 1 is 1.38 bits per heavy atom. The van der Waals surface area contributed by atoms with Crippen LogP contribution in [0.4, 0.5) is 0 Å². The number of pyridine rings is 1. The summed E-state index contributed by atoms with van der Waals surface area (Å²) in [5.74, 6) is 0.842. The van der Waals surface area contributed by atoms with Gasteiger partial charge in [-0.2, -0.15) is 0 Å². The quantitative estimate of drug-likeness (QED) is 0.822. The number of halogens is 2. The highest BCUT2D eigenvalue weighted by Crippen LogP contribution is 2.22. The number of aromatic nitrogens is 2. The summed E-state index contributed by atoms with van der Waals surface area (Å²) in [6, 6.07) is 5.91. The largest absolute Gasteiger partial charge is 0.324 e. The van der Waals surface area contributed by atoms with Crippen molar-refractivity contribution in [3.05, 3.63) is 33.2 Å². The maximum atomic E-state index is 5.57. The molecule has 0 bridgehead atoms. The van der Waals surface area contributed by atoms with E-state index in [2.05, 4.69) is 36.8 Å². The second-order valence-electron chi connectivity index (χ2n) is 2.59. The van der Waals surface area contributed by atoms with E-state index in [1.807, 2.05) is 22.6 Å². The summed E-state index contributed by atoms with van der Waals surface area (Å²) in [5.41, 5.74) is 6.60. The second-order valence-corrected chi connectivity index (χ2v) is 4.16. The Morgan fingerprint density at radius 3 is 2.85 bits per heavy atom. The molecule has 2 N–H and O–H groups in total. The first kappa shape index (κ1) is 9.18. The Morgan fingerprint density at radius 2 is 2.15 bits per heavy atom. The fraction of sp³-hybridized carbons (Fsp3) is 0.125. The fourth-order valence-corrected chi connectivity index (χ4v) is 2.33. The van der Waals surface area contributed by atoms with E-state index < -0.39 is 0 Å². The SMILES string of the molecule is NCc1nc(Br)c2cccc(Br)n12. The highest BCUT2D eigenvalue weighted by Gasteiger charge is 2.08.